The van der Waals surface area contributed by atoms with Crippen molar-refractivity contribution in [3.63, 3.8) is 0 Å². The van der Waals surface area contributed by atoms with Crippen molar-refractivity contribution in [2.75, 3.05) is 0 Å². The minimum Gasteiger partial charge on any atom is -0.505 e. The first-order chi connectivity index (χ1) is 6.56. The van der Waals surface area contributed by atoms with E-state index in [4.69, 9.17) is 5.73 Å². The summed E-state index contributed by atoms with van der Waals surface area (Å²) in [7, 11) is 0. The lowest BCUT2D eigenvalue weighted by Crippen LogP contribution is -2.10. The Morgan fingerprint density at radius 3 is 2.71 bits per heavy atom. The van der Waals surface area contributed by atoms with E-state index in [9.17, 15) is 9.50 Å². The van der Waals surface area contributed by atoms with Crippen molar-refractivity contribution >= 4 is 0 Å². The van der Waals surface area contributed by atoms with Crippen molar-refractivity contribution in [2.24, 2.45) is 5.73 Å². The predicted octanol–water partition coefficient (Wildman–Crippen LogP) is 2.64. The van der Waals surface area contributed by atoms with Crippen LogP contribution in [0.3, 0.4) is 0 Å². The Kier molecular flexibility index (Phi) is 3.47. The molecule has 1 aromatic rings. The molecule has 0 bridgehead atoms. The first kappa shape index (κ1) is 11.0. The zero-order valence-corrected chi connectivity index (χ0v) is 8.55. The van der Waals surface area contributed by atoms with Gasteiger partial charge in [-0.3, -0.25) is 0 Å². The Hall–Kier alpha value is -1.09. The summed E-state index contributed by atoms with van der Waals surface area (Å²) in [4.78, 5) is 0. The maximum absolute atomic E-state index is 13.1. The number of aromatic hydroxyl groups is 1. The lowest BCUT2D eigenvalue weighted by atomic mass is 10.00. The van der Waals surface area contributed by atoms with Crippen LogP contribution in [0.5, 0.6) is 5.75 Å². The van der Waals surface area contributed by atoms with Crippen LogP contribution in [0, 0.1) is 12.7 Å². The Labute approximate surface area is 83.6 Å². The smallest absolute Gasteiger partial charge is 0.165 e. The van der Waals surface area contributed by atoms with Gasteiger partial charge in [-0.25, -0.2) is 4.39 Å². The zero-order chi connectivity index (χ0) is 10.7. The second kappa shape index (κ2) is 4.42. The van der Waals surface area contributed by atoms with Gasteiger partial charge in [0.15, 0.2) is 11.6 Å². The molecule has 0 heterocycles. The molecule has 1 atom stereocenters. The monoisotopic (exact) mass is 197 g/mol. The zero-order valence-electron chi connectivity index (χ0n) is 8.55. The fraction of sp³-hybridized carbons (Fsp3) is 0.455. The number of nitrogens with two attached hydrogens (primary N) is 1. The molecular formula is C11H16FNO. The van der Waals surface area contributed by atoms with E-state index in [1.54, 1.807) is 13.0 Å². The second-order valence-electron chi connectivity index (χ2n) is 3.58. The van der Waals surface area contributed by atoms with E-state index in [2.05, 4.69) is 0 Å². The van der Waals surface area contributed by atoms with Gasteiger partial charge in [-0.15, -0.1) is 0 Å². The van der Waals surface area contributed by atoms with E-state index in [0.29, 0.717) is 5.56 Å². The highest BCUT2D eigenvalue weighted by atomic mass is 19.1. The summed E-state index contributed by atoms with van der Waals surface area (Å²) < 4.78 is 13.1. The SMILES string of the molecule is CCC[C@H](N)c1cc(C)cc(F)c1O. The number of phenols is 1. The lowest BCUT2D eigenvalue weighted by Gasteiger charge is -2.13. The van der Waals surface area contributed by atoms with Gasteiger partial charge in [0.05, 0.1) is 0 Å². The third-order valence-electron chi connectivity index (χ3n) is 2.24. The molecular weight excluding hydrogens is 181 g/mol. The molecule has 14 heavy (non-hydrogen) atoms. The summed E-state index contributed by atoms with van der Waals surface area (Å²) in [5.41, 5.74) is 7.10. The number of aryl methyl sites for hydroxylation is 1. The second-order valence-corrected chi connectivity index (χ2v) is 3.58. The third kappa shape index (κ3) is 2.23. The number of hydrogen-bond acceptors (Lipinski definition) is 2. The van der Waals surface area contributed by atoms with Crippen LogP contribution in [0.2, 0.25) is 0 Å². The molecule has 0 spiro atoms. The predicted molar refractivity (Wildman–Crippen MR) is 54.6 cm³/mol. The van der Waals surface area contributed by atoms with Gasteiger partial charge in [-0.1, -0.05) is 19.4 Å². The van der Waals surface area contributed by atoms with E-state index in [1.165, 1.54) is 6.07 Å². The number of hydrogen-bond donors (Lipinski definition) is 2. The average molecular weight is 197 g/mol. The van der Waals surface area contributed by atoms with Gasteiger partial charge in [0.2, 0.25) is 0 Å². The normalized spacial score (nSPS) is 12.9. The van der Waals surface area contributed by atoms with Gasteiger partial charge in [0.1, 0.15) is 0 Å². The molecule has 0 fully saturated rings. The Morgan fingerprint density at radius 1 is 1.50 bits per heavy atom. The summed E-state index contributed by atoms with van der Waals surface area (Å²) in [6.45, 7) is 3.79. The molecule has 0 aliphatic heterocycles. The Bertz CT molecular complexity index is 325. The summed E-state index contributed by atoms with van der Waals surface area (Å²) >= 11 is 0. The van der Waals surface area contributed by atoms with Crippen LogP contribution < -0.4 is 5.73 Å². The molecule has 0 radical (unpaired) electrons. The molecule has 1 rings (SSSR count). The van der Waals surface area contributed by atoms with Crippen molar-refractivity contribution in [2.45, 2.75) is 32.7 Å². The summed E-state index contributed by atoms with van der Waals surface area (Å²) in [6.07, 6.45) is 1.66. The maximum Gasteiger partial charge on any atom is 0.165 e. The fourth-order valence-corrected chi connectivity index (χ4v) is 1.51. The molecule has 0 aliphatic carbocycles. The minimum absolute atomic E-state index is 0.283. The standard InChI is InChI=1S/C11H16FNO/c1-3-4-10(13)8-5-7(2)6-9(12)11(8)14/h5-6,10,14H,3-4,13H2,1-2H3/t10-/m0/s1. The van der Waals surface area contributed by atoms with Crippen molar-refractivity contribution in [1.82, 2.24) is 0 Å². The molecule has 3 heteroatoms. The van der Waals surface area contributed by atoms with Crippen molar-refractivity contribution in [3.05, 3.63) is 29.1 Å². The molecule has 1 aromatic carbocycles. The van der Waals surface area contributed by atoms with E-state index in [0.717, 1.165) is 18.4 Å². The number of benzene rings is 1. The van der Waals surface area contributed by atoms with Crippen LogP contribution >= 0.6 is 0 Å². The van der Waals surface area contributed by atoms with Crippen LogP contribution in [0.1, 0.15) is 36.9 Å². The van der Waals surface area contributed by atoms with E-state index in [1.807, 2.05) is 6.92 Å². The van der Waals surface area contributed by atoms with Gasteiger partial charge < -0.3 is 10.8 Å². The molecule has 0 saturated heterocycles. The Balaban J connectivity index is 3.07. The molecule has 0 aromatic heterocycles. The highest BCUT2D eigenvalue weighted by molar-refractivity contribution is 5.39. The van der Waals surface area contributed by atoms with Crippen molar-refractivity contribution in [3.8, 4) is 5.75 Å². The third-order valence-corrected chi connectivity index (χ3v) is 2.24. The van der Waals surface area contributed by atoms with Crippen LogP contribution in [0.15, 0.2) is 12.1 Å². The van der Waals surface area contributed by atoms with Gasteiger partial charge >= 0.3 is 0 Å². The highest BCUT2D eigenvalue weighted by Gasteiger charge is 2.14. The van der Waals surface area contributed by atoms with Crippen LogP contribution in [-0.2, 0) is 0 Å². The van der Waals surface area contributed by atoms with Crippen molar-refractivity contribution in [1.29, 1.82) is 0 Å². The molecule has 0 unspecified atom stereocenters. The quantitative estimate of drug-likeness (QED) is 0.782. The maximum atomic E-state index is 13.1. The average Bonchev–Trinajstić information content (AvgIpc) is 2.11. The first-order valence-electron chi connectivity index (χ1n) is 4.80. The van der Waals surface area contributed by atoms with Gasteiger partial charge in [-0.05, 0) is 25.0 Å². The summed E-state index contributed by atoms with van der Waals surface area (Å²) in [6, 6.07) is 2.75. The summed E-state index contributed by atoms with van der Waals surface area (Å²) in [5, 5.41) is 9.46. The Morgan fingerprint density at radius 2 is 2.14 bits per heavy atom. The van der Waals surface area contributed by atoms with E-state index >= 15 is 0 Å². The van der Waals surface area contributed by atoms with E-state index < -0.39 is 5.82 Å². The number of halogens is 1. The minimum atomic E-state index is -0.591. The van der Waals surface area contributed by atoms with E-state index in [-0.39, 0.29) is 11.8 Å². The highest BCUT2D eigenvalue weighted by Crippen LogP contribution is 2.29. The molecule has 0 saturated carbocycles. The largest absolute Gasteiger partial charge is 0.505 e. The van der Waals surface area contributed by atoms with Crippen molar-refractivity contribution < 1.29 is 9.50 Å². The summed E-state index contributed by atoms with van der Waals surface area (Å²) in [5.74, 6) is -0.900. The molecule has 2 nitrogen and oxygen atoms in total. The van der Waals surface area contributed by atoms with Gasteiger partial charge in [-0.2, -0.15) is 0 Å². The number of phenolic OH excluding ortho intramolecular Hbond substituents is 1. The van der Waals surface area contributed by atoms with Gasteiger partial charge in [0.25, 0.3) is 0 Å². The van der Waals surface area contributed by atoms with Crippen LogP contribution in [0.25, 0.3) is 0 Å². The lowest BCUT2D eigenvalue weighted by molar-refractivity contribution is 0.418. The number of rotatable bonds is 3. The van der Waals surface area contributed by atoms with Crippen LogP contribution in [0.4, 0.5) is 4.39 Å². The molecule has 0 amide bonds. The molecule has 0 aliphatic rings. The fourth-order valence-electron chi connectivity index (χ4n) is 1.51. The topological polar surface area (TPSA) is 46.2 Å². The molecule has 78 valence electrons. The first-order valence-corrected chi connectivity index (χ1v) is 4.80. The van der Waals surface area contributed by atoms with Gasteiger partial charge in [0, 0.05) is 11.6 Å². The molecule has 3 N–H and O–H groups in total. The van der Waals surface area contributed by atoms with Crippen LogP contribution in [-0.4, -0.2) is 5.11 Å².